The van der Waals surface area contributed by atoms with Crippen molar-refractivity contribution in [2.24, 2.45) is 0 Å². The number of halogens is 1. The molecule has 2 rings (SSSR count). The lowest BCUT2D eigenvalue weighted by Crippen LogP contribution is -2.22. The second kappa shape index (κ2) is 5.53. The molecule has 3 nitrogen and oxygen atoms in total. The molecule has 0 bridgehead atoms. The molecule has 0 saturated carbocycles. The van der Waals surface area contributed by atoms with Crippen LogP contribution in [0.25, 0.3) is 0 Å². The zero-order valence-electron chi connectivity index (χ0n) is 10.6. The lowest BCUT2D eigenvalue weighted by molar-refractivity contribution is -0.109. The summed E-state index contributed by atoms with van der Waals surface area (Å²) in [6, 6.07) is 11.5. The summed E-state index contributed by atoms with van der Waals surface area (Å²) in [7, 11) is 0. The van der Waals surface area contributed by atoms with E-state index in [9.17, 15) is 4.79 Å². The lowest BCUT2D eigenvalue weighted by Gasteiger charge is -2.23. The first kappa shape index (κ1) is 13.7. The fourth-order valence-corrected chi connectivity index (χ4v) is 2.49. The summed E-state index contributed by atoms with van der Waals surface area (Å²) in [4.78, 5) is 15.6. The van der Waals surface area contributed by atoms with Crippen molar-refractivity contribution in [3.8, 4) is 0 Å². The van der Waals surface area contributed by atoms with E-state index in [-0.39, 0.29) is 0 Å². The van der Waals surface area contributed by atoms with E-state index in [2.05, 4.69) is 27.8 Å². The van der Waals surface area contributed by atoms with Crippen LogP contribution in [-0.4, -0.2) is 11.3 Å². The predicted octanol–water partition coefficient (Wildman–Crippen LogP) is 3.06. The minimum absolute atomic E-state index is 0.398. The van der Waals surface area contributed by atoms with Gasteiger partial charge in [0.25, 0.3) is 0 Å². The second-order valence-electron chi connectivity index (χ2n) is 4.35. The number of nitrogen functional groups attached to an aromatic ring is 1. The summed E-state index contributed by atoms with van der Waals surface area (Å²) in [5, 5.41) is 0. The molecule has 1 unspecified atom stereocenters. The number of carbonyl (C=O) groups is 1. The molecule has 2 N–H and O–H groups in total. The highest BCUT2D eigenvalue weighted by Crippen LogP contribution is 2.37. The Morgan fingerprint density at radius 2 is 2.05 bits per heavy atom. The number of aromatic nitrogens is 1. The van der Waals surface area contributed by atoms with Crippen LogP contribution in [-0.2, 0) is 15.5 Å². The third kappa shape index (κ3) is 2.68. The van der Waals surface area contributed by atoms with Gasteiger partial charge in [0, 0.05) is 6.20 Å². The quantitative estimate of drug-likeness (QED) is 0.696. The number of anilines is 1. The first-order valence-electron chi connectivity index (χ1n) is 6.07. The smallest absolute Gasteiger partial charge is 0.145 e. The zero-order chi connectivity index (χ0) is 13.9. The lowest BCUT2D eigenvalue weighted by atomic mass is 9.91. The SMILES string of the molecule is CCc1cccc(C(Br)(C=O)c2ccnc(N)c2)c1. The Morgan fingerprint density at radius 3 is 2.68 bits per heavy atom. The maximum Gasteiger partial charge on any atom is 0.145 e. The average molecular weight is 319 g/mol. The third-order valence-corrected chi connectivity index (χ3v) is 4.22. The molecular formula is C15H15BrN2O. The summed E-state index contributed by atoms with van der Waals surface area (Å²) in [6.45, 7) is 2.08. The predicted molar refractivity (Wildman–Crippen MR) is 80.2 cm³/mol. The maximum absolute atomic E-state index is 11.6. The van der Waals surface area contributed by atoms with Gasteiger partial charge in [-0.3, -0.25) is 0 Å². The van der Waals surface area contributed by atoms with E-state index in [1.807, 2.05) is 24.3 Å². The van der Waals surface area contributed by atoms with E-state index in [1.165, 1.54) is 5.56 Å². The molecular weight excluding hydrogens is 304 g/mol. The van der Waals surface area contributed by atoms with E-state index in [1.54, 1.807) is 18.3 Å². The highest BCUT2D eigenvalue weighted by molar-refractivity contribution is 9.10. The monoisotopic (exact) mass is 318 g/mol. The minimum atomic E-state index is -0.880. The molecule has 0 aliphatic carbocycles. The van der Waals surface area contributed by atoms with Crippen molar-refractivity contribution >= 4 is 28.0 Å². The number of pyridine rings is 1. The fourth-order valence-electron chi connectivity index (χ4n) is 1.99. The van der Waals surface area contributed by atoms with E-state index < -0.39 is 4.32 Å². The third-order valence-electron chi connectivity index (χ3n) is 3.12. The molecule has 19 heavy (non-hydrogen) atoms. The van der Waals surface area contributed by atoms with Crippen molar-refractivity contribution in [3.63, 3.8) is 0 Å². The number of alkyl halides is 1. The number of rotatable bonds is 4. The Morgan fingerprint density at radius 1 is 1.32 bits per heavy atom. The minimum Gasteiger partial charge on any atom is -0.384 e. The van der Waals surface area contributed by atoms with E-state index >= 15 is 0 Å². The summed E-state index contributed by atoms with van der Waals surface area (Å²) < 4.78 is -0.880. The standard InChI is InChI=1S/C15H15BrN2O/c1-2-11-4-3-5-12(8-11)15(16,10-19)13-6-7-18-14(17)9-13/h3-10H,2H2,1H3,(H2,17,18). The molecule has 1 atom stereocenters. The Labute approximate surface area is 121 Å². The first-order valence-corrected chi connectivity index (χ1v) is 6.86. The number of nitrogens with two attached hydrogens (primary N) is 1. The van der Waals surface area contributed by atoms with Crippen molar-refractivity contribution in [1.29, 1.82) is 0 Å². The van der Waals surface area contributed by atoms with Crippen LogP contribution in [0.15, 0.2) is 42.6 Å². The molecule has 0 aliphatic heterocycles. The number of carbonyl (C=O) groups excluding carboxylic acids is 1. The van der Waals surface area contributed by atoms with Gasteiger partial charge in [-0.25, -0.2) is 4.98 Å². The number of aryl methyl sites for hydroxylation is 1. The van der Waals surface area contributed by atoms with Gasteiger partial charge in [-0.2, -0.15) is 0 Å². The van der Waals surface area contributed by atoms with E-state index in [0.717, 1.165) is 23.8 Å². The average Bonchev–Trinajstić information content (AvgIpc) is 2.46. The first-order chi connectivity index (χ1) is 9.10. The van der Waals surface area contributed by atoms with Gasteiger partial charge in [0.1, 0.15) is 16.4 Å². The molecule has 0 radical (unpaired) electrons. The number of hydrogen-bond donors (Lipinski definition) is 1. The highest BCUT2D eigenvalue weighted by Gasteiger charge is 2.31. The van der Waals surface area contributed by atoms with E-state index in [4.69, 9.17) is 5.73 Å². The molecule has 0 spiro atoms. The Bertz CT molecular complexity index is 600. The van der Waals surface area contributed by atoms with Crippen molar-refractivity contribution < 1.29 is 4.79 Å². The van der Waals surface area contributed by atoms with Gasteiger partial charge >= 0.3 is 0 Å². The zero-order valence-corrected chi connectivity index (χ0v) is 12.2. The number of hydrogen-bond acceptors (Lipinski definition) is 3. The number of nitrogens with zero attached hydrogens (tertiary/aromatic N) is 1. The molecule has 2 aromatic rings. The van der Waals surface area contributed by atoms with Crippen molar-refractivity contribution in [1.82, 2.24) is 4.98 Å². The van der Waals surface area contributed by atoms with Crippen LogP contribution in [0.2, 0.25) is 0 Å². The van der Waals surface area contributed by atoms with E-state index in [0.29, 0.717) is 5.82 Å². The Hall–Kier alpha value is -1.68. The van der Waals surface area contributed by atoms with Crippen LogP contribution in [0.5, 0.6) is 0 Å². The molecule has 0 amide bonds. The molecule has 1 aromatic heterocycles. The van der Waals surface area contributed by atoms with Crippen LogP contribution in [0, 0.1) is 0 Å². The van der Waals surface area contributed by atoms with Crippen molar-refractivity contribution in [3.05, 3.63) is 59.3 Å². The van der Waals surface area contributed by atoms with Crippen LogP contribution in [0.3, 0.4) is 0 Å². The van der Waals surface area contributed by atoms with Gasteiger partial charge in [0.05, 0.1) is 0 Å². The molecule has 98 valence electrons. The normalized spacial score (nSPS) is 13.8. The molecule has 1 aromatic carbocycles. The number of aldehydes is 1. The van der Waals surface area contributed by atoms with Gasteiger partial charge in [-0.1, -0.05) is 47.1 Å². The molecule has 1 heterocycles. The second-order valence-corrected chi connectivity index (χ2v) is 5.60. The highest BCUT2D eigenvalue weighted by atomic mass is 79.9. The van der Waals surface area contributed by atoms with Gasteiger partial charge in [-0.15, -0.1) is 0 Å². The van der Waals surface area contributed by atoms with Crippen molar-refractivity contribution in [2.45, 2.75) is 17.7 Å². The van der Waals surface area contributed by atoms with Crippen LogP contribution >= 0.6 is 15.9 Å². The largest absolute Gasteiger partial charge is 0.384 e. The number of benzene rings is 1. The maximum atomic E-state index is 11.6. The summed E-state index contributed by atoms with van der Waals surface area (Å²) in [5.74, 6) is 0.398. The van der Waals surface area contributed by atoms with Crippen LogP contribution in [0.1, 0.15) is 23.6 Å². The molecule has 0 aliphatic rings. The van der Waals surface area contributed by atoms with Gasteiger partial charge < -0.3 is 10.5 Å². The Kier molecular flexibility index (Phi) is 4.00. The van der Waals surface area contributed by atoms with Gasteiger partial charge in [0.2, 0.25) is 0 Å². The summed E-state index contributed by atoms with van der Waals surface area (Å²) >= 11 is 3.55. The van der Waals surface area contributed by atoms with Gasteiger partial charge in [0.15, 0.2) is 0 Å². The molecule has 4 heteroatoms. The molecule has 0 saturated heterocycles. The summed E-state index contributed by atoms with van der Waals surface area (Å²) in [5.41, 5.74) is 8.56. The topological polar surface area (TPSA) is 56.0 Å². The fraction of sp³-hybridized carbons (Fsp3) is 0.200. The summed E-state index contributed by atoms with van der Waals surface area (Å²) in [6.07, 6.45) is 3.42. The van der Waals surface area contributed by atoms with Crippen LogP contribution in [0.4, 0.5) is 5.82 Å². The molecule has 0 fully saturated rings. The van der Waals surface area contributed by atoms with Gasteiger partial charge in [-0.05, 0) is 35.2 Å². The Balaban J connectivity index is 2.55. The van der Waals surface area contributed by atoms with Crippen LogP contribution < -0.4 is 5.73 Å². The van der Waals surface area contributed by atoms with Crippen molar-refractivity contribution in [2.75, 3.05) is 5.73 Å².